The lowest BCUT2D eigenvalue weighted by Crippen LogP contribution is -2.20. The van der Waals surface area contributed by atoms with E-state index < -0.39 is 5.91 Å². The fourth-order valence-electron chi connectivity index (χ4n) is 3.02. The van der Waals surface area contributed by atoms with Gasteiger partial charge in [-0.1, -0.05) is 41.9 Å². The Hall–Kier alpha value is -4.28. The summed E-state index contributed by atoms with van der Waals surface area (Å²) in [5.41, 5.74) is 2.57. The Labute approximate surface area is 202 Å². The second kappa shape index (κ2) is 11.5. The van der Waals surface area contributed by atoms with Gasteiger partial charge in [0.25, 0.3) is 11.8 Å². The van der Waals surface area contributed by atoms with Crippen LogP contribution in [0.2, 0.25) is 5.02 Å². The summed E-state index contributed by atoms with van der Waals surface area (Å²) in [7, 11) is 1.46. The van der Waals surface area contributed by atoms with Gasteiger partial charge in [0.05, 0.1) is 7.11 Å². The number of halogens is 1. The minimum absolute atomic E-state index is 0.103. The number of rotatable bonds is 8. The van der Waals surface area contributed by atoms with Crippen molar-refractivity contribution >= 4 is 40.9 Å². The summed E-state index contributed by atoms with van der Waals surface area (Å²) < 4.78 is 11.0. The normalized spacial score (nSPS) is 10.7. The Morgan fingerprint density at radius 3 is 2.53 bits per heavy atom. The zero-order valence-corrected chi connectivity index (χ0v) is 19.3. The molecule has 0 aliphatic heterocycles. The summed E-state index contributed by atoms with van der Waals surface area (Å²) in [5, 5.41) is 15.3. The number of amides is 2. The van der Waals surface area contributed by atoms with Crippen LogP contribution in [0.1, 0.15) is 11.1 Å². The average Bonchev–Trinajstić information content (AvgIpc) is 2.82. The first-order chi connectivity index (χ1) is 16.4. The average molecular weight is 476 g/mol. The molecular weight excluding hydrogens is 454 g/mol. The monoisotopic (exact) mass is 475 g/mol. The third kappa shape index (κ3) is 6.61. The second-order valence-electron chi connectivity index (χ2n) is 7.20. The number of nitrogens with one attached hydrogen (secondary N) is 2. The van der Waals surface area contributed by atoms with Crippen LogP contribution < -0.4 is 20.1 Å². The maximum absolute atomic E-state index is 12.5. The molecule has 0 aliphatic carbocycles. The minimum Gasteiger partial charge on any atom is -0.493 e. The Bertz CT molecular complexity index is 1280. The zero-order valence-electron chi connectivity index (χ0n) is 18.6. The van der Waals surface area contributed by atoms with E-state index in [1.165, 1.54) is 13.2 Å². The lowest BCUT2D eigenvalue weighted by Gasteiger charge is -2.12. The Morgan fingerprint density at radius 1 is 1.03 bits per heavy atom. The van der Waals surface area contributed by atoms with Crippen molar-refractivity contribution < 1.29 is 19.1 Å². The number of para-hydroxylation sites is 1. The third-order valence-corrected chi connectivity index (χ3v) is 4.96. The highest BCUT2D eigenvalue weighted by Crippen LogP contribution is 2.29. The molecule has 0 aliphatic rings. The molecule has 34 heavy (non-hydrogen) atoms. The van der Waals surface area contributed by atoms with Crippen molar-refractivity contribution in [2.75, 3.05) is 24.4 Å². The molecule has 0 radical (unpaired) electrons. The molecule has 0 aromatic heterocycles. The van der Waals surface area contributed by atoms with E-state index in [0.29, 0.717) is 33.5 Å². The molecule has 0 heterocycles. The molecule has 2 N–H and O–H groups in total. The Kier molecular flexibility index (Phi) is 8.27. The highest BCUT2D eigenvalue weighted by Gasteiger charge is 2.13. The van der Waals surface area contributed by atoms with Crippen LogP contribution in [-0.2, 0) is 9.59 Å². The number of aryl methyl sites for hydroxylation is 1. The quantitative estimate of drug-likeness (QED) is 0.343. The molecule has 8 heteroatoms. The molecule has 0 bridgehead atoms. The minimum atomic E-state index is -0.572. The Balaban J connectivity index is 1.68. The van der Waals surface area contributed by atoms with Crippen molar-refractivity contribution in [1.29, 1.82) is 5.26 Å². The maximum Gasteiger partial charge on any atom is 0.266 e. The summed E-state index contributed by atoms with van der Waals surface area (Å²) >= 11 is 5.93. The molecule has 0 fully saturated rings. The summed E-state index contributed by atoms with van der Waals surface area (Å²) in [6.07, 6.45) is 1.43. The van der Waals surface area contributed by atoms with E-state index in [-0.39, 0.29) is 18.1 Å². The summed E-state index contributed by atoms with van der Waals surface area (Å²) in [4.78, 5) is 24.7. The van der Waals surface area contributed by atoms with Crippen LogP contribution in [0.5, 0.6) is 11.5 Å². The standard InChI is InChI=1S/C26H22ClN3O4/c1-17-6-3-4-9-22(17)30-25(31)16-34-23-11-10-18(13-24(23)33-2)12-19(15-28)26(32)29-21-8-5-7-20(27)14-21/h3-14H,16H2,1-2H3,(H,29,32)(H,30,31)/b19-12-. The topological polar surface area (TPSA) is 100 Å². The first-order valence-electron chi connectivity index (χ1n) is 10.2. The van der Waals surface area contributed by atoms with Gasteiger partial charge in [0.15, 0.2) is 18.1 Å². The number of carbonyl (C=O) groups excluding carboxylic acids is 2. The van der Waals surface area contributed by atoms with Crippen LogP contribution in [0.25, 0.3) is 6.08 Å². The number of hydrogen-bond acceptors (Lipinski definition) is 5. The highest BCUT2D eigenvalue weighted by molar-refractivity contribution is 6.31. The summed E-state index contributed by atoms with van der Waals surface area (Å²) in [5.74, 6) is -0.187. The molecule has 3 aromatic rings. The van der Waals surface area contributed by atoms with Crippen molar-refractivity contribution in [3.63, 3.8) is 0 Å². The lowest BCUT2D eigenvalue weighted by molar-refractivity contribution is -0.118. The zero-order chi connectivity index (χ0) is 24.5. The van der Waals surface area contributed by atoms with Gasteiger partial charge >= 0.3 is 0 Å². The molecular formula is C26H22ClN3O4. The molecule has 172 valence electrons. The van der Waals surface area contributed by atoms with Crippen LogP contribution in [0.4, 0.5) is 11.4 Å². The molecule has 3 rings (SSSR count). The van der Waals surface area contributed by atoms with E-state index in [4.69, 9.17) is 21.1 Å². The van der Waals surface area contributed by atoms with Crippen LogP contribution in [0, 0.1) is 18.3 Å². The van der Waals surface area contributed by atoms with Gasteiger partial charge in [-0.2, -0.15) is 5.26 Å². The molecule has 0 unspecified atom stereocenters. The van der Waals surface area contributed by atoms with Gasteiger partial charge in [-0.3, -0.25) is 9.59 Å². The smallest absolute Gasteiger partial charge is 0.266 e. The van der Waals surface area contributed by atoms with Crippen molar-refractivity contribution in [3.05, 3.63) is 88.5 Å². The fraction of sp³-hybridized carbons (Fsp3) is 0.115. The molecule has 3 aromatic carbocycles. The highest BCUT2D eigenvalue weighted by atomic mass is 35.5. The van der Waals surface area contributed by atoms with E-state index in [2.05, 4.69) is 10.6 Å². The number of anilines is 2. The first-order valence-corrected chi connectivity index (χ1v) is 10.6. The van der Waals surface area contributed by atoms with Crippen LogP contribution >= 0.6 is 11.6 Å². The van der Waals surface area contributed by atoms with Gasteiger partial charge < -0.3 is 20.1 Å². The number of nitriles is 1. The van der Waals surface area contributed by atoms with Crippen LogP contribution in [-0.4, -0.2) is 25.5 Å². The fourth-order valence-corrected chi connectivity index (χ4v) is 3.21. The van der Waals surface area contributed by atoms with Crippen molar-refractivity contribution in [2.24, 2.45) is 0 Å². The molecule has 0 atom stereocenters. The van der Waals surface area contributed by atoms with Crippen molar-refractivity contribution in [1.82, 2.24) is 0 Å². The van der Waals surface area contributed by atoms with Gasteiger partial charge in [0.1, 0.15) is 11.6 Å². The molecule has 0 saturated heterocycles. The van der Waals surface area contributed by atoms with Gasteiger partial charge in [0.2, 0.25) is 0 Å². The lowest BCUT2D eigenvalue weighted by atomic mass is 10.1. The van der Waals surface area contributed by atoms with E-state index in [1.807, 2.05) is 37.3 Å². The number of benzene rings is 3. The first kappa shape index (κ1) is 24.4. The van der Waals surface area contributed by atoms with Gasteiger partial charge in [-0.05, 0) is 60.5 Å². The van der Waals surface area contributed by atoms with Gasteiger partial charge in [-0.25, -0.2) is 0 Å². The number of hydrogen-bond donors (Lipinski definition) is 2. The van der Waals surface area contributed by atoms with E-state index in [9.17, 15) is 14.9 Å². The Morgan fingerprint density at radius 2 is 1.82 bits per heavy atom. The molecule has 0 spiro atoms. The third-order valence-electron chi connectivity index (χ3n) is 4.72. The van der Waals surface area contributed by atoms with Crippen LogP contribution in [0.15, 0.2) is 72.3 Å². The predicted molar refractivity (Wildman–Crippen MR) is 132 cm³/mol. The van der Waals surface area contributed by atoms with Crippen molar-refractivity contribution in [2.45, 2.75) is 6.92 Å². The summed E-state index contributed by atoms with van der Waals surface area (Å²) in [6.45, 7) is 1.68. The molecule has 7 nitrogen and oxygen atoms in total. The molecule has 0 saturated carbocycles. The summed E-state index contributed by atoms with van der Waals surface area (Å²) in [6, 6.07) is 20.8. The van der Waals surface area contributed by atoms with Gasteiger partial charge in [-0.15, -0.1) is 0 Å². The van der Waals surface area contributed by atoms with E-state index in [1.54, 1.807) is 42.5 Å². The largest absolute Gasteiger partial charge is 0.493 e. The predicted octanol–water partition coefficient (Wildman–Crippen LogP) is 5.22. The maximum atomic E-state index is 12.5. The van der Waals surface area contributed by atoms with Crippen LogP contribution in [0.3, 0.4) is 0 Å². The molecule has 2 amide bonds. The van der Waals surface area contributed by atoms with E-state index in [0.717, 1.165) is 5.56 Å². The van der Waals surface area contributed by atoms with Crippen molar-refractivity contribution in [3.8, 4) is 17.6 Å². The number of methoxy groups -OCH3 is 1. The van der Waals surface area contributed by atoms with E-state index >= 15 is 0 Å². The number of nitrogens with zero attached hydrogens (tertiary/aromatic N) is 1. The number of carbonyl (C=O) groups is 2. The second-order valence-corrected chi connectivity index (χ2v) is 7.63. The number of ether oxygens (including phenoxy) is 2. The van der Waals surface area contributed by atoms with Gasteiger partial charge in [0, 0.05) is 16.4 Å². The SMILES string of the molecule is COc1cc(/C=C(/C#N)C(=O)Nc2cccc(Cl)c2)ccc1OCC(=O)Nc1ccccc1C.